The average molecular weight is 491 g/mol. The van der Waals surface area contributed by atoms with Crippen LogP contribution in [0.4, 0.5) is 23.0 Å². The molecular formula is C28H28Cl2N4. The van der Waals surface area contributed by atoms with Gasteiger partial charge in [-0.25, -0.2) is 9.97 Å². The molecule has 0 fully saturated rings. The molecule has 0 amide bonds. The molecule has 3 aromatic carbocycles. The van der Waals surface area contributed by atoms with Gasteiger partial charge in [0.05, 0.1) is 22.4 Å². The number of rotatable bonds is 4. The summed E-state index contributed by atoms with van der Waals surface area (Å²) in [5.74, 6) is 1.65. The first-order chi connectivity index (χ1) is 15.5. The van der Waals surface area contributed by atoms with Crippen molar-refractivity contribution in [2.45, 2.75) is 27.7 Å². The highest BCUT2D eigenvalue weighted by atomic mass is 35.5. The molecule has 0 spiro atoms. The van der Waals surface area contributed by atoms with E-state index in [1.165, 1.54) is 33.0 Å². The minimum absolute atomic E-state index is 0. The first-order valence-electron chi connectivity index (χ1n) is 10.9. The van der Waals surface area contributed by atoms with Crippen molar-refractivity contribution in [3.8, 4) is 0 Å². The minimum Gasteiger partial charge on any atom is -0.339 e. The van der Waals surface area contributed by atoms with Crippen molar-refractivity contribution < 1.29 is 0 Å². The molecule has 0 radical (unpaired) electrons. The second-order valence-corrected chi connectivity index (χ2v) is 8.49. The summed E-state index contributed by atoms with van der Waals surface area (Å²) in [4.78, 5) is 9.66. The predicted molar refractivity (Wildman–Crippen MR) is 150 cm³/mol. The molecule has 0 saturated carbocycles. The number of halogens is 2. The molecule has 0 saturated heterocycles. The van der Waals surface area contributed by atoms with Crippen LogP contribution >= 0.6 is 24.8 Å². The molecule has 4 nitrogen and oxygen atoms in total. The molecule has 0 unspecified atom stereocenters. The molecule has 2 N–H and O–H groups in total. The fourth-order valence-corrected chi connectivity index (χ4v) is 4.12. The number of hydrogen-bond acceptors (Lipinski definition) is 4. The van der Waals surface area contributed by atoms with Gasteiger partial charge in [0.15, 0.2) is 0 Å². The van der Waals surface area contributed by atoms with Crippen molar-refractivity contribution >= 4 is 69.6 Å². The normalized spacial score (nSPS) is 10.5. The lowest BCUT2D eigenvalue weighted by Gasteiger charge is -2.15. The molecule has 5 rings (SSSR count). The monoisotopic (exact) mass is 490 g/mol. The molecule has 0 aliphatic rings. The van der Waals surface area contributed by atoms with Gasteiger partial charge < -0.3 is 10.6 Å². The molecule has 0 bridgehead atoms. The van der Waals surface area contributed by atoms with Crippen molar-refractivity contribution in [1.29, 1.82) is 0 Å². The number of nitrogens with one attached hydrogen (secondary N) is 2. The standard InChI is InChI=1S/C28H26N4.2ClH/c1-17-9-11-23-21(13-17)19(3)15-27(29-23)31-25-7-5-6-8-26(25)32-28-16-20(4)22-14-18(2)10-12-24(22)30-28;;/h5-16H,1-4H3,(H,29,31)(H,30,32);2*1H. The topological polar surface area (TPSA) is 49.8 Å². The number of nitrogens with zero attached hydrogens (tertiary/aromatic N) is 2. The third kappa shape index (κ3) is 5.09. The first-order valence-corrected chi connectivity index (χ1v) is 10.9. The van der Waals surface area contributed by atoms with Crippen LogP contribution < -0.4 is 10.6 Å². The minimum atomic E-state index is 0. The Morgan fingerprint density at radius 3 is 1.35 bits per heavy atom. The summed E-state index contributed by atoms with van der Waals surface area (Å²) in [7, 11) is 0. The highest BCUT2D eigenvalue weighted by Gasteiger charge is 2.09. The Morgan fingerprint density at radius 1 is 0.529 bits per heavy atom. The number of hydrogen-bond donors (Lipinski definition) is 2. The van der Waals surface area contributed by atoms with Gasteiger partial charge in [-0.2, -0.15) is 0 Å². The average Bonchev–Trinajstić information content (AvgIpc) is 2.76. The van der Waals surface area contributed by atoms with Gasteiger partial charge in [-0.15, -0.1) is 24.8 Å². The molecule has 0 aliphatic heterocycles. The summed E-state index contributed by atoms with van der Waals surface area (Å²) < 4.78 is 0. The van der Waals surface area contributed by atoms with E-state index in [2.05, 4.69) is 99.0 Å². The quantitative estimate of drug-likeness (QED) is 0.265. The maximum absolute atomic E-state index is 4.83. The lowest BCUT2D eigenvalue weighted by molar-refractivity contribution is 1.31. The summed E-state index contributed by atoms with van der Waals surface area (Å²) in [5, 5.41) is 9.37. The number of aromatic nitrogens is 2. The van der Waals surface area contributed by atoms with Crippen molar-refractivity contribution in [2.75, 3.05) is 10.6 Å². The van der Waals surface area contributed by atoms with Gasteiger partial charge >= 0.3 is 0 Å². The van der Waals surface area contributed by atoms with Gasteiger partial charge in [-0.3, -0.25) is 0 Å². The summed E-state index contributed by atoms with van der Waals surface area (Å²) >= 11 is 0. The summed E-state index contributed by atoms with van der Waals surface area (Å²) in [5.41, 5.74) is 8.78. The van der Waals surface area contributed by atoms with E-state index in [1.54, 1.807) is 0 Å². The van der Waals surface area contributed by atoms with Crippen LogP contribution in [0.25, 0.3) is 21.8 Å². The van der Waals surface area contributed by atoms with Crippen LogP contribution in [0.2, 0.25) is 0 Å². The fourth-order valence-electron chi connectivity index (χ4n) is 4.12. The molecule has 0 atom stereocenters. The van der Waals surface area contributed by atoms with Crippen LogP contribution in [0.3, 0.4) is 0 Å². The largest absolute Gasteiger partial charge is 0.339 e. The lowest BCUT2D eigenvalue weighted by atomic mass is 10.1. The maximum Gasteiger partial charge on any atom is 0.131 e. The zero-order valence-electron chi connectivity index (χ0n) is 19.6. The Morgan fingerprint density at radius 2 is 0.941 bits per heavy atom. The summed E-state index contributed by atoms with van der Waals surface area (Å²) in [6.45, 7) is 8.47. The first kappa shape index (κ1) is 25.3. The maximum atomic E-state index is 4.83. The molecule has 5 aromatic rings. The van der Waals surface area contributed by atoms with E-state index in [0.717, 1.165) is 34.0 Å². The Bertz CT molecular complexity index is 1370. The third-order valence-electron chi connectivity index (χ3n) is 5.79. The third-order valence-corrected chi connectivity index (χ3v) is 5.79. The van der Waals surface area contributed by atoms with Crippen molar-refractivity contribution in [3.63, 3.8) is 0 Å². The molecular weight excluding hydrogens is 463 g/mol. The highest BCUT2D eigenvalue weighted by molar-refractivity contribution is 5.88. The Balaban J connectivity index is 0.00000162. The number of benzene rings is 3. The molecule has 2 aromatic heterocycles. The molecule has 2 heterocycles. The van der Waals surface area contributed by atoms with Crippen molar-refractivity contribution in [2.24, 2.45) is 0 Å². The van der Waals surface area contributed by atoms with Crippen LogP contribution in [0.1, 0.15) is 22.3 Å². The van der Waals surface area contributed by atoms with Crippen LogP contribution in [0, 0.1) is 27.7 Å². The van der Waals surface area contributed by atoms with E-state index in [4.69, 9.17) is 9.97 Å². The van der Waals surface area contributed by atoms with E-state index in [1.807, 2.05) is 12.1 Å². The molecule has 0 aliphatic carbocycles. The summed E-state index contributed by atoms with van der Waals surface area (Å²) in [6, 6.07) is 25.1. The van der Waals surface area contributed by atoms with Crippen LogP contribution in [0.5, 0.6) is 0 Å². The number of para-hydroxylation sites is 2. The van der Waals surface area contributed by atoms with Gasteiger partial charge in [-0.1, -0.05) is 35.4 Å². The van der Waals surface area contributed by atoms with E-state index in [-0.39, 0.29) is 24.8 Å². The van der Waals surface area contributed by atoms with E-state index >= 15 is 0 Å². The van der Waals surface area contributed by atoms with Crippen LogP contribution in [-0.2, 0) is 0 Å². The second-order valence-electron chi connectivity index (χ2n) is 8.49. The van der Waals surface area contributed by atoms with Gasteiger partial charge in [0.1, 0.15) is 11.6 Å². The second kappa shape index (κ2) is 10.3. The van der Waals surface area contributed by atoms with E-state index in [0.29, 0.717) is 0 Å². The Hall–Kier alpha value is -3.34. The fraction of sp³-hybridized carbons (Fsp3) is 0.143. The molecule has 34 heavy (non-hydrogen) atoms. The van der Waals surface area contributed by atoms with Gasteiger partial charge in [0.2, 0.25) is 0 Å². The molecule has 6 heteroatoms. The molecule has 174 valence electrons. The van der Waals surface area contributed by atoms with Gasteiger partial charge in [0, 0.05) is 10.8 Å². The van der Waals surface area contributed by atoms with Crippen LogP contribution in [-0.4, -0.2) is 9.97 Å². The van der Waals surface area contributed by atoms with E-state index in [9.17, 15) is 0 Å². The van der Waals surface area contributed by atoms with Gasteiger partial charge in [0.25, 0.3) is 0 Å². The number of aryl methyl sites for hydroxylation is 4. The Labute approximate surface area is 212 Å². The number of anilines is 4. The SMILES string of the molecule is Cc1ccc2nc(Nc3ccccc3Nc3cc(C)c4cc(C)ccc4n3)cc(C)c2c1.Cl.Cl. The Kier molecular flexibility index (Phi) is 7.65. The zero-order chi connectivity index (χ0) is 22.2. The number of pyridine rings is 2. The predicted octanol–water partition coefficient (Wildman–Crippen LogP) is 8.35. The zero-order valence-corrected chi connectivity index (χ0v) is 21.3. The highest BCUT2D eigenvalue weighted by Crippen LogP contribution is 2.30. The van der Waals surface area contributed by atoms with Gasteiger partial charge in [-0.05, 0) is 87.4 Å². The van der Waals surface area contributed by atoms with Crippen LogP contribution in [0.15, 0.2) is 72.8 Å². The lowest BCUT2D eigenvalue weighted by Crippen LogP contribution is -2.01. The number of fused-ring (bicyclic) bond motifs is 2. The smallest absolute Gasteiger partial charge is 0.131 e. The van der Waals surface area contributed by atoms with Crippen molar-refractivity contribution in [3.05, 3.63) is 95.1 Å². The van der Waals surface area contributed by atoms with Crippen molar-refractivity contribution in [1.82, 2.24) is 9.97 Å². The summed E-state index contributed by atoms with van der Waals surface area (Å²) in [6.07, 6.45) is 0. The van der Waals surface area contributed by atoms with E-state index < -0.39 is 0 Å².